The molecule has 0 aromatic carbocycles. The summed E-state index contributed by atoms with van der Waals surface area (Å²) in [6, 6.07) is 2.61. The number of likely N-dealkylation sites (N-methyl/N-ethyl adjacent to an activating group) is 1. The highest BCUT2D eigenvalue weighted by molar-refractivity contribution is 6.30. The van der Waals surface area contributed by atoms with Crippen molar-refractivity contribution in [1.82, 2.24) is 14.8 Å². The Morgan fingerprint density at radius 3 is 2.68 bits per heavy atom. The zero-order valence-corrected chi connectivity index (χ0v) is 12.0. The van der Waals surface area contributed by atoms with Gasteiger partial charge in [-0.3, -0.25) is 4.79 Å². The average molecular weight is 282 g/mol. The summed E-state index contributed by atoms with van der Waals surface area (Å²) >= 11 is 5.89. The summed E-state index contributed by atoms with van der Waals surface area (Å²) < 4.78 is 0. The number of amides is 1. The average Bonchev–Trinajstić information content (AvgIpc) is 3.07. The molecule has 0 radical (unpaired) electrons. The van der Waals surface area contributed by atoms with Crippen molar-refractivity contribution in [2.45, 2.75) is 37.8 Å². The number of carbonyl (C=O) groups excluding carboxylic acids is 1. The van der Waals surface area contributed by atoms with Gasteiger partial charge in [-0.2, -0.15) is 0 Å². The molecule has 1 amide bonds. The molecule has 3 heterocycles. The van der Waals surface area contributed by atoms with Crippen molar-refractivity contribution in [3.8, 4) is 0 Å². The molecule has 1 aromatic rings. The Morgan fingerprint density at radius 2 is 2.05 bits per heavy atom. The molecule has 1 N–H and O–H groups in total. The zero-order chi connectivity index (χ0) is 13.4. The van der Waals surface area contributed by atoms with Crippen LogP contribution < -0.4 is 0 Å². The van der Waals surface area contributed by atoms with E-state index in [-0.39, 0.29) is 5.91 Å². The van der Waals surface area contributed by atoms with Crippen LogP contribution in [0.15, 0.2) is 12.3 Å². The van der Waals surface area contributed by atoms with Crippen LogP contribution in [0.1, 0.15) is 36.2 Å². The number of aromatic nitrogens is 1. The van der Waals surface area contributed by atoms with Gasteiger partial charge in [-0.1, -0.05) is 11.6 Å². The van der Waals surface area contributed by atoms with Crippen LogP contribution in [0.3, 0.4) is 0 Å². The summed E-state index contributed by atoms with van der Waals surface area (Å²) in [4.78, 5) is 20.0. The van der Waals surface area contributed by atoms with Crippen molar-refractivity contribution in [2.75, 3.05) is 20.1 Å². The fourth-order valence-electron chi connectivity index (χ4n) is 3.51. The predicted molar refractivity (Wildman–Crippen MR) is 75.5 cm³/mol. The van der Waals surface area contributed by atoms with E-state index >= 15 is 0 Å². The second kappa shape index (κ2) is 5.17. The van der Waals surface area contributed by atoms with Crippen LogP contribution in [0.2, 0.25) is 5.02 Å². The van der Waals surface area contributed by atoms with E-state index in [4.69, 9.17) is 11.6 Å². The number of nitrogens with zero attached hydrogens (tertiary/aromatic N) is 2. The standard InChI is InChI=1S/C14H20ClN3O/c1-17-6-2-4-12(17)13-5-3-7-18(13)14(19)11-8-10(15)9-16-11/h8-9,12-13,16H,2-7H2,1H3/t12-,13+/m1/s1. The maximum atomic E-state index is 12.6. The van der Waals surface area contributed by atoms with Crippen molar-refractivity contribution in [2.24, 2.45) is 0 Å². The molecule has 0 bridgehead atoms. The van der Waals surface area contributed by atoms with Crippen LogP contribution in [-0.2, 0) is 0 Å². The summed E-state index contributed by atoms with van der Waals surface area (Å²) in [5.74, 6) is 0.0923. The Balaban J connectivity index is 1.77. The Bertz CT molecular complexity index is 473. The largest absolute Gasteiger partial charge is 0.356 e. The molecule has 2 aliphatic rings. The topological polar surface area (TPSA) is 39.3 Å². The third kappa shape index (κ3) is 2.39. The quantitative estimate of drug-likeness (QED) is 0.904. The smallest absolute Gasteiger partial charge is 0.270 e. The maximum Gasteiger partial charge on any atom is 0.270 e. The number of carbonyl (C=O) groups is 1. The Hall–Kier alpha value is -1.00. The molecule has 2 aliphatic heterocycles. The zero-order valence-electron chi connectivity index (χ0n) is 11.2. The lowest BCUT2D eigenvalue weighted by Crippen LogP contribution is -2.47. The van der Waals surface area contributed by atoms with E-state index in [1.807, 2.05) is 4.90 Å². The normalized spacial score (nSPS) is 28.2. The molecule has 2 atom stereocenters. The van der Waals surface area contributed by atoms with Gasteiger partial charge < -0.3 is 14.8 Å². The lowest BCUT2D eigenvalue weighted by atomic mass is 10.0. The molecule has 3 rings (SSSR count). The lowest BCUT2D eigenvalue weighted by molar-refractivity contribution is 0.0659. The van der Waals surface area contributed by atoms with Crippen LogP contribution in [0.25, 0.3) is 0 Å². The Morgan fingerprint density at radius 1 is 1.32 bits per heavy atom. The first kappa shape index (κ1) is 13.0. The highest BCUT2D eigenvalue weighted by Gasteiger charge is 2.38. The number of hydrogen-bond donors (Lipinski definition) is 1. The van der Waals surface area contributed by atoms with Gasteiger partial charge in [-0.15, -0.1) is 0 Å². The molecular formula is C14H20ClN3O. The Kier molecular flexibility index (Phi) is 3.54. The van der Waals surface area contributed by atoms with Crippen LogP contribution in [0.5, 0.6) is 0 Å². The second-order valence-electron chi connectivity index (χ2n) is 5.63. The van der Waals surface area contributed by atoms with Crippen molar-refractivity contribution < 1.29 is 4.79 Å². The molecule has 0 aliphatic carbocycles. The minimum absolute atomic E-state index is 0.0923. The molecule has 0 unspecified atom stereocenters. The lowest BCUT2D eigenvalue weighted by Gasteiger charge is -2.33. The molecule has 2 saturated heterocycles. The summed E-state index contributed by atoms with van der Waals surface area (Å²) in [5, 5.41) is 0.595. The van der Waals surface area contributed by atoms with E-state index < -0.39 is 0 Å². The van der Waals surface area contributed by atoms with Gasteiger partial charge in [0.15, 0.2) is 0 Å². The van der Waals surface area contributed by atoms with Gasteiger partial charge in [0.1, 0.15) is 5.69 Å². The summed E-state index contributed by atoms with van der Waals surface area (Å²) in [7, 11) is 2.17. The van der Waals surface area contributed by atoms with Gasteiger partial charge in [0.25, 0.3) is 5.91 Å². The molecular weight excluding hydrogens is 262 g/mol. The van der Waals surface area contributed by atoms with Crippen molar-refractivity contribution in [3.63, 3.8) is 0 Å². The number of rotatable bonds is 2. The number of H-pyrrole nitrogens is 1. The van der Waals surface area contributed by atoms with Crippen LogP contribution in [0, 0.1) is 0 Å². The van der Waals surface area contributed by atoms with Gasteiger partial charge in [-0.25, -0.2) is 0 Å². The number of hydrogen-bond acceptors (Lipinski definition) is 2. The number of aromatic amines is 1. The SMILES string of the molecule is CN1CCC[C@@H]1[C@@H]1CCCN1C(=O)c1cc(Cl)c[nH]1. The molecule has 2 fully saturated rings. The molecule has 5 heteroatoms. The highest BCUT2D eigenvalue weighted by Crippen LogP contribution is 2.30. The molecule has 1 aromatic heterocycles. The first-order chi connectivity index (χ1) is 9.16. The molecule has 0 spiro atoms. The van der Waals surface area contributed by atoms with Crippen LogP contribution in [0.4, 0.5) is 0 Å². The van der Waals surface area contributed by atoms with Crippen LogP contribution >= 0.6 is 11.6 Å². The van der Waals surface area contributed by atoms with E-state index in [9.17, 15) is 4.79 Å². The Labute approximate surface area is 118 Å². The van der Waals surface area contributed by atoms with Gasteiger partial charge in [-0.05, 0) is 45.3 Å². The van der Waals surface area contributed by atoms with Crippen molar-refractivity contribution >= 4 is 17.5 Å². The van der Waals surface area contributed by atoms with Crippen molar-refractivity contribution in [3.05, 3.63) is 23.0 Å². The monoisotopic (exact) mass is 281 g/mol. The summed E-state index contributed by atoms with van der Waals surface area (Å²) in [5.41, 5.74) is 0.609. The van der Waals surface area contributed by atoms with Gasteiger partial charge in [0.05, 0.1) is 5.02 Å². The number of likely N-dealkylation sites (tertiary alicyclic amines) is 2. The first-order valence-corrected chi connectivity index (χ1v) is 7.40. The predicted octanol–water partition coefficient (Wildman–Crippen LogP) is 2.37. The van der Waals surface area contributed by atoms with Gasteiger partial charge >= 0.3 is 0 Å². The maximum absolute atomic E-state index is 12.6. The highest BCUT2D eigenvalue weighted by atomic mass is 35.5. The van der Waals surface area contributed by atoms with Crippen LogP contribution in [-0.4, -0.2) is 52.9 Å². The van der Waals surface area contributed by atoms with Crippen molar-refractivity contribution in [1.29, 1.82) is 0 Å². The molecule has 19 heavy (non-hydrogen) atoms. The fraction of sp³-hybridized carbons (Fsp3) is 0.643. The van der Waals surface area contributed by atoms with E-state index in [2.05, 4.69) is 16.9 Å². The van der Waals surface area contributed by atoms with E-state index in [0.29, 0.717) is 22.8 Å². The summed E-state index contributed by atoms with van der Waals surface area (Å²) in [6.45, 7) is 2.02. The third-order valence-corrected chi connectivity index (χ3v) is 4.68. The van der Waals surface area contributed by atoms with E-state index in [1.54, 1.807) is 12.3 Å². The minimum atomic E-state index is 0.0923. The fourth-order valence-corrected chi connectivity index (χ4v) is 3.68. The van der Waals surface area contributed by atoms with Gasteiger partial charge in [0.2, 0.25) is 0 Å². The number of nitrogens with one attached hydrogen (secondary N) is 1. The summed E-state index contributed by atoms with van der Waals surface area (Å²) in [6.07, 6.45) is 6.34. The van der Waals surface area contributed by atoms with E-state index in [1.165, 1.54) is 12.8 Å². The molecule has 4 nitrogen and oxygen atoms in total. The first-order valence-electron chi connectivity index (χ1n) is 7.02. The minimum Gasteiger partial charge on any atom is -0.356 e. The molecule has 0 saturated carbocycles. The third-order valence-electron chi connectivity index (χ3n) is 4.46. The molecule has 104 valence electrons. The number of halogens is 1. The van der Waals surface area contributed by atoms with E-state index in [0.717, 1.165) is 25.9 Å². The van der Waals surface area contributed by atoms with Gasteiger partial charge in [0, 0.05) is 24.8 Å². The second-order valence-corrected chi connectivity index (χ2v) is 6.07.